The van der Waals surface area contributed by atoms with Gasteiger partial charge in [-0.25, -0.2) is 0 Å². The number of amides is 1. The van der Waals surface area contributed by atoms with Crippen molar-refractivity contribution in [1.82, 2.24) is 4.90 Å². The highest BCUT2D eigenvalue weighted by molar-refractivity contribution is 9.10. The molecule has 0 bridgehead atoms. The summed E-state index contributed by atoms with van der Waals surface area (Å²) in [4.78, 5) is 27.0. The molecule has 1 heterocycles. The smallest absolute Gasteiger partial charge is 0.295 e. The minimum atomic E-state index is -0.690. The molecule has 0 radical (unpaired) electrons. The molecule has 1 unspecified atom stereocenters. The zero-order valence-electron chi connectivity index (χ0n) is 15.1. The van der Waals surface area contributed by atoms with E-state index in [0.717, 1.165) is 4.47 Å². The summed E-state index contributed by atoms with van der Waals surface area (Å²) in [5, 5.41) is 10.9. The number of hydrogen-bond acceptors (Lipinski definition) is 4. The first-order valence-electron chi connectivity index (χ1n) is 8.66. The van der Waals surface area contributed by atoms with Crippen LogP contribution in [-0.4, -0.2) is 35.4 Å². The molecule has 0 saturated carbocycles. The van der Waals surface area contributed by atoms with Crippen molar-refractivity contribution >= 4 is 33.4 Å². The number of methoxy groups -OCH3 is 1. The van der Waals surface area contributed by atoms with Gasteiger partial charge in [0.1, 0.15) is 11.5 Å². The molecular weight excluding hydrogens is 410 g/mol. The summed E-state index contributed by atoms with van der Waals surface area (Å²) in [6.07, 6.45) is 0.691. The number of para-hydroxylation sites is 1. The second-order valence-corrected chi connectivity index (χ2v) is 7.16. The van der Waals surface area contributed by atoms with Gasteiger partial charge in [-0.1, -0.05) is 53.2 Å². The standard InChI is InChI=1S/C21H20BrNO4/c1-3-12-23-18(15-6-4-5-7-16(15)27-2)17(20(25)21(23)26)19(24)13-8-10-14(22)11-9-13/h4-11,18,24H,3,12H2,1-2H3/b19-17-. The number of ketones is 1. The normalized spacial score (nSPS) is 18.8. The van der Waals surface area contributed by atoms with Gasteiger partial charge in [-0.2, -0.15) is 0 Å². The molecule has 1 amide bonds. The van der Waals surface area contributed by atoms with E-state index in [2.05, 4.69) is 15.9 Å². The number of benzene rings is 2. The van der Waals surface area contributed by atoms with Gasteiger partial charge >= 0.3 is 0 Å². The third kappa shape index (κ3) is 3.49. The van der Waals surface area contributed by atoms with Gasteiger partial charge < -0.3 is 14.7 Å². The summed E-state index contributed by atoms with van der Waals surface area (Å²) in [6, 6.07) is 13.5. The SMILES string of the molecule is CCCN1C(=O)C(=O)/C(=C(\O)c2ccc(Br)cc2)C1c1ccccc1OC. The van der Waals surface area contributed by atoms with Crippen molar-refractivity contribution in [2.75, 3.05) is 13.7 Å². The molecule has 6 heteroatoms. The highest BCUT2D eigenvalue weighted by Crippen LogP contribution is 2.42. The third-order valence-corrected chi connectivity index (χ3v) is 5.08. The van der Waals surface area contributed by atoms with Crippen LogP contribution in [-0.2, 0) is 9.59 Å². The second-order valence-electron chi connectivity index (χ2n) is 6.24. The number of nitrogens with zero attached hydrogens (tertiary/aromatic N) is 1. The first-order chi connectivity index (χ1) is 13.0. The maximum absolute atomic E-state index is 12.8. The Morgan fingerprint density at radius 2 is 1.81 bits per heavy atom. The van der Waals surface area contributed by atoms with Crippen molar-refractivity contribution in [2.24, 2.45) is 0 Å². The molecule has 1 N–H and O–H groups in total. The Hall–Kier alpha value is -2.60. The van der Waals surface area contributed by atoms with E-state index in [1.165, 1.54) is 4.90 Å². The molecule has 27 heavy (non-hydrogen) atoms. The van der Waals surface area contributed by atoms with Crippen LogP contribution in [0.15, 0.2) is 58.6 Å². The quantitative estimate of drug-likeness (QED) is 0.437. The molecule has 1 fully saturated rings. The van der Waals surface area contributed by atoms with Gasteiger partial charge in [0.05, 0.1) is 18.7 Å². The lowest BCUT2D eigenvalue weighted by molar-refractivity contribution is -0.139. The third-order valence-electron chi connectivity index (χ3n) is 4.56. The summed E-state index contributed by atoms with van der Waals surface area (Å²) < 4.78 is 6.30. The van der Waals surface area contributed by atoms with Crippen LogP contribution in [0.4, 0.5) is 0 Å². The van der Waals surface area contributed by atoms with Gasteiger partial charge in [-0.05, 0) is 24.6 Å². The topological polar surface area (TPSA) is 66.8 Å². The van der Waals surface area contributed by atoms with Crippen molar-refractivity contribution in [3.63, 3.8) is 0 Å². The van der Waals surface area contributed by atoms with Crippen LogP contribution in [0.2, 0.25) is 0 Å². The Kier molecular flexibility index (Phi) is 5.65. The van der Waals surface area contributed by atoms with Crippen molar-refractivity contribution < 1.29 is 19.4 Å². The average Bonchev–Trinajstić information content (AvgIpc) is 2.93. The van der Waals surface area contributed by atoms with Gasteiger partial charge in [0.2, 0.25) is 0 Å². The summed E-state index contributed by atoms with van der Waals surface area (Å²) in [5.74, 6) is -0.909. The number of Topliss-reactive ketones (excluding diaryl/α,β-unsaturated/α-hetero) is 1. The molecule has 1 saturated heterocycles. The van der Waals surface area contributed by atoms with Crippen molar-refractivity contribution in [1.29, 1.82) is 0 Å². The summed E-state index contributed by atoms with van der Waals surface area (Å²) in [5.41, 5.74) is 1.24. The first-order valence-corrected chi connectivity index (χ1v) is 9.46. The Morgan fingerprint density at radius 1 is 1.15 bits per heavy atom. The Morgan fingerprint density at radius 3 is 2.44 bits per heavy atom. The average molecular weight is 430 g/mol. The Balaban J connectivity index is 2.22. The van der Waals surface area contributed by atoms with Crippen LogP contribution in [0.5, 0.6) is 5.75 Å². The first kappa shape index (κ1) is 19.2. The number of ether oxygens (including phenoxy) is 1. The molecule has 3 rings (SSSR count). The number of carbonyl (C=O) groups excluding carboxylic acids is 2. The van der Waals surface area contributed by atoms with Crippen LogP contribution in [0, 0.1) is 0 Å². The highest BCUT2D eigenvalue weighted by atomic mass is 79.9. The van der Waals surface area contributed by atoms with Gasteiger partial charge in [-0.15, -0.1) is 0 Å². The highest BCUT2D eigenvalue weighted by Gasteiger charge is 2.46. The number of aliphatic hydroxyl groups is 1. The monoisotopic (exact) mass is 429 g/mol. The zero-order chi connectivity index (χ0) is 19.6. The van der Waals surface area contributed by atoms with Crippen LogP contribution >= 0.6 is 15.9 Å². The lowest BCUT2D eigenvalue weighted by atomic mass is 9.94. The van der Waals surface area contributed by atoms with Crippen molar-refractivity contribution in [2.45, 2.75) is 19.4 Å². The number of halogens is 1. The summed E-state index contributed by atoms with van der Waals surface area (Å²) >= 11 is 3.35. The van der Waals surface area contributed by atoms with Crippen molar-refractivity contribution in [3.8, 4) is 5.75 Å². The molecule has 1 aliphatic heterocycles. The van der Waals surface area contributed by atoms with E-state index >= 15 is 0 Å². The van der Waals surface area contributed by atoms with Gasteiger partial charge in [0.15, 0.2) is 0 Å². The number of aliphatic hydroxyl groups excluding tert-OH is 1. The minimum Gasteiger partial charge on any atom is -0.507 e. The Labute approximate surface area is 166 Å². The summed E-state index contributed by atoms with van der Waals surface area (Å²) in [7, 11) is 1.54. The predicted molar refractivity (Wildman–Crippen MR) is 106 cm³/mol. The van der Waals surface area contributed by atoms with Gasteiger partial charge in [-0.3, -0.25) is 9.59 Å². The van der Waals surface area contributed by atoms with E-state index in [-0.39, 0.29) is 11.3 Å². The Bertz CT molecular complexity index is 905. The fourth-order valence-corrected chi connectivity index (χ4v) is 3.59. The number of carbonyl (C=O) groups is 2. The van der Waals surface area contributed by atoms with E-state index in [1.54, 1.807) is 37.4 Å². The van der Waals surface area contributed by atoms with E-state index in [4.69, 9.17) is 4.74 Å². The maximum atomic E-state index is 12.8. The van der Waals surface area contributed by atoms with E-state index < -0.39 is 17.7 Å². The predicted octanol–water partition coefficient (Wildman–Crippen LogP) is 4.29. The molecule has 1 aliphatic rings. The van der Waals surface area contributed by atoms with Crippen LogP contribution in [0.3, 0.4) is 0 Å². The number of hydrogen-bond donors (Lipinski definition) is 1. The molecule has 5 nitrogen and oxygen atoms in total. The lowest BCUT2D eigenvalue weighted by Gasteiger charge is -2.26. The number of likely N-dealkylation sites (tertiary alicyclic amines) is 1. The van der Waals surface area contributed by atoms with Crippen LogP contribution in [0.1, 0.15) is 30.5 Å². The fourth-order valence-electron chi connectivity index (χ4n) is 3.33. The molecule has 0 aromatic heterocycles. The second kappa shape index (κ2) is 7.96. The molecule has 0 aliphatic carbocycles. The largest absolute Gasteiger partial charge is 0.507 e. The molecule has 2 aromatic rings. The van der Waals surface area contributed by atoms with Crippen LogP contribution in [0.25, 0.3) is 5.76 Å². The molecule has 1 atom stereocenters. The molecule has 2 aromatic carbocycles. The molecule has 0 spiro atoms. The summed E-state index contributed by atoms with van der Waals surface area (Å²) in [6.45, 7) is 2.34. The molecule has 140 valence electrons. The van der Waals surface area contributed by atoms with Gasteiger partial charge in [0.25, 0.3) is 11.7 Å². The van der Waals surface area contributed by atoms with Crippen LogP contribution < -0.4 is 4.74 Å². The van der Waals surface area contributed by atoms with E-state index in [0.29, 0.717) is 29.8 Å². The fraction of sp³-hybridized carbons (Fsp3) is 0.238. The molecular formula is C21H20BrNO4. The maximum Gasteiger partial charge on any atom is 0.295 e. The minimum absolute atomic E-state index is 0.0836. The van der Waals surface area contributed by atoms with Crippen molar-refractivity contribution in [3.05, 3.63) is 69.7 Å². The van der Waals surface area contributed by atoms with E-state index in [1.807, 2.05) is 25.1 Å². The number of rotatable bonds is 5. The van der Waals surface area contributed by atoms with E-state index in [9.17, 15) is 14.7 Å². The lowest BCUT2D eigenvalue weighted by Crippen LogP contribution is -2.30. The zero-order valence-corrected chi connectivity index (χ0v) is 16.7. The van der Waals surface area contributed by atoms with Gasteiger partial charge in [0, 0.05) is 22.1 Å².